The van der Waals surface area contributed by atoms with Crippen molar-refractivity contribution in [1.82, 2.24) is 5.32 Å². The van der Waals surface area contributed by atoms with Crippen LogP contribution in [0.5, 0.6) is 0 Å². The van der Waals surface area contributed by atoms with Crippen LogP contribution in [0.3, 0.4) is 0 Å². The zero-order chi connectivity index (χ0) is 29.9. The maximum Gasteiger partial charge on any atom is 0.327 e. The van der Waals surface area contributed by atoms with E-state index in [4.69, 9.17) is 33.7 Å². The highest BCUT2D eigenvalue weighted by Gasteiger charge is 2.31. The summed E-state index contributed by atoms with van der Waals surface area (Å²) in [4.78, 5) is 26.0. The molecule has 4 aromatic rings. The van der Waals surface area contributed by atoms with E-state index in [-0.39, 0.29) is 33.1 Å². The number of hydrogen-bond acceptors (Lipinski definition) is 6. The molecule has 1 amide bonds. The predicted molar refractivity (Wildman–Crippen MR) is 163 cm³/mol. The van der Waals surface area contributed by atoms with Crippen LogP contribution >= 0.6 is 23.2 Å². The molecular formula is C30H29Cl2N3O5S. The minimum atomic E-state index is -4.37. The number of amides is 1. The summed E-state index contributed by atoms with van der Waals surface area (Å²) in [7, 11) is -4.37. The number of hydrogen-bond donors (Lipinski definition) is 2. The molecule has 0 saturated carbocycles. The van der Waals surface area contributed by atoms with Crippen molar-refractivity contribution in [2.45, 2.75) is 37.8 Å². The molecule has 0 fully saturated rings. The number of nitrogens with zero attached hydrogens (tertiary/aromatic N) is 1. The summed E-state index contributed by atoms with van der Waals surface area (Å²) < 4.78 is 34.4. The van der Waals surface area contributed by atoms with Crippen LogP contribution in [0.1, 0.15) is 36.7 Å². The van der Waals surface area contributed by atoms with Crippen LogP contribution in [-0.4, -0.2) is 32.4 Å². The van der Waals surface area contributed by atoms with Gasteiger partial charge < -0.3 is 15.8 Å². The fourth-order valence-corrected chi connectivity index (χ4v) is 6.44. The van der Waals surface area contributed by atoms with Gasteiger partial charge in [-0.3, -0.25) is 13.9 Å². The van der Waals surface area contributed by atoms with Gasteiger partial charge in [-0.25, -0.2) is 8.42 Å². The number of halogens is 2. The van der Waals surface area contributed by atoms with Gasteiger partial charge in [0.2, 0.25) is 0 Å². The first-order valence-corrected chi connectivity index (χ1v) is 14.8. The average molecular weight is 615 g/mol. The van der Waals surface area contributed by atoms with E-state index in [0.717, 1.165) is 9.87 Å². The highest BCUT2D eigenvalue weighted by atomic mass is 35.5. The molecule has 0 aliphatic heterocycles. The van der Waals surface area contributed by atoms with Gasteiger partial charge in [0.05, 0.1) is 10.6 Å². The Labute approximate surface area is 249 Å². The lowest BCUT2D eigenvalue weighted by molar-refractivity contribution is -0.152. The molecule has 11 heteroatoms. The molecule has 0 saturated heterocycles. The Morgan fingerprint density at radius 3 is 2.20 bits per heavy atom. The van der Waals surface area contributed by atoms with Gasteiger partial charge in [-0.05, 0) is 74.2 Å². The normalized spacial score (nSPS) is 11.7. The first-order valence-electron chi connectivity index (χ1n) is 12.6. The number of anilines is 2. The lowest BCUT2D eigenvalue weighted by Gasteiger charge is -2.27. The van der Waals surface area contributed by atoms with Crippen molar-refractivity contribution < 1.29 is 22.7 Å². The van der Waals surface area contributed by atoms with Crippen molar-refractivity contribution in [1.29, 1.82) is 0 Å². The maximum atomic E-state index is 14.0. The van der Waals surface area contributed by atoms with Crippen LogP contribution in [0.25, 0.3) is 10.8 Å². The van der Waals surface area contributed by atoms with Crippen molar-refractivity contribution in [3.63, 3.8) is 0 Å². The molecular weight excluding hydrogens is 585 g/mol. The molecule has 0 heterocycles. The molecule has 0 spiro atoms. The van der Waals surface area contributed by atoms with Gasteiger partial charge in [-0.15, -0.1) is 0 Å². The van der Waals surface area contributed by atoms with E-state index in [2.05, 4.69) is 5.32 Å². The fourth-order valence-electron chi connectivity index (χ4n) is 4.28. The van der Waals surface area contributed by atoms with Gasteiger partial charge in [0.1, 0.15) is 12.1 Å². The second-order valence-corrected chi connectivity index (χ2v) is 13.0. The molecule has 0 atom stereocenters. The van der Waals surface area contributed by atoms with Gasteiger partial charge in [0.25, 0.3) is 15.9 Å². The number of nitrogens with one attached hydrogen (secondary N) is 1. The molecule has 0 aliphatic rings. The predicted octanol–water partition coefficient (Wildman–Crippen LogP) is 6.20. The van der Waals surface area contributed by atoms with Gasteiger partial charge >= 0.3 is 5.97 Å². The Morgan fingerprint density at radius 1 is 0.902 bits per heavy atom. The Kier molecular flexibility index (Phi) is 8.82. The number of sulfonamides is 1. The van der Waals surface area contributed by atoms with Crippen LogP contribution in [0.2, 0.25) is 10.0 Å². The third kappa shape index (κ3) is 7.30. The van der Waals surface area contributed by atoms with E-state index in [9.17, 15) is 18.0 Å². The zero-order valence-electron chi connectivity index (χ0n) is 22.6. The van der Waals surface area contributed by atoms with E-state index in [0.29, 0.717) is 22.0 Å². The topological polar surface area (TPSA) is 119 Å². The monoisotopic (exact) mass is 613 g/mol. The SMILES string of the molecule is CC(C)(C)OC(=O)CN(c1cccc2c(C(=O)NCc3cccc(N)c3)cccc12)S(=O)(=O)c1cc(Cl)cc(Cl)c1. The Balaban J connectivity index is 1.79. The Morgan fingerprint density at radius 2 is 1.54 bits per heavy atom. The van der Waals surface area contributed by atoms with Gasteiger partial charge in [0, 0.05) is 33.2 Å². The van der Waals surface area contributed by atoms with Crippen LogP contribution in [0.15, 0.2) is 83.8 Å². The maximum absolute atomic E-state index is 14.0. The number of ether oxygens (including phenoxy) is 1. The molecule has 4 rings (SSSR count). The molecule has 41 heavy (non-hydrogen) atoms. The van der Waals surface area contributed by atoms with Crippen molar-refractivity contribution in [2.75, 3.05) is 16.6 Å². The summed E-state index contributed by atoms with van der Waals surface area (Å²) in [6, 6.07) is 21.0. The smallest absolute Gasteiger partial charge is 0.327 e. The number of nitrogen functional groups attached to an aromatic ring is 1. The van der Waals surface area contributed by atoms with E-state index >= 15 is 0 Å². The van der Waals surface area contributed by atoms with Crippen LogP contribution in [0, 0.1) is 0 Å². The molecule has 0 aromatic heterocycles. The number of carbonyl (C=O) groups is 2. The quantitative estimate of drug-likeness (QED) is 0.180. The summed E-state index contributed by atoms with van der Waals surface area (Å²) >= 11 is 12.2. The van der Waals surface area contributed by atoms with Crippen molar-refractivity contribution >= 4 is 67.2 Å². The molecule has 4 aromatic carbocycles. The lowest BCUT2D eigenvalue weighted by Crippen LogP contribution is -2.39. The molecule has 0 unspecified atom stereocenters. The summed E-state index contributed by atoms with van der Waals surface area (Å²) in [6.07, 6.45) is 0. The van der Waals surface area contributed by atoms with Crippen molar-refractivity contribution in [2.24, 2.45) is 0 Å². The minimum Gasteiger partial charge on any atom is -0.459 e. The third-order valence-electron chi connectivity index (χ3n) is 5.93. The summed E-state index contributed by atoms with van der Waals surface area (Å²) in [6.45, 7) is 4.68. The Bertz CT molecular complexity index is 1720. The third-order valence-corrected chi connectivity index (χ3v) is 8.11. The standard InChI is InChI=1S/C30H29Cl2N3O5S/c1-30(2,3)40-28(36)18-35(41(38,39)23-15-20(31)14-21(32)16-23)27-12-6-9-24-25(27)10-5-11-26(24)29(37)34-17-19-7-4-8-22(33)13-19/h4-16H,17-18,33H2,1-3H3,(H,34,37). The molecule has 214 valence electrons. The van der Waals surface area contributed by atoms with Gasteiger partial charge in [0.15, 0.2) is 0 Å². The van der Waals surface area contributed by atoms with Crippen LogP contribution in [0.4, 0.5) is 11.4 Å². The van der Waals surface area contributed by atoms with Crippen molar-refractivity contribution in [3.05, 3.63) is 100 Å². The molecule has 8 nitrogen and oxygen atoms in total. The number of benzene rings is 4. The van der Waals surface area contributed by atoms with E-state index in [1.165, 1.54) is 18.2 Å². The highest BCUT2D eigenvalue weighted by Crippen LogP contribution is 2.34. The van der Waals surface area contributed by atoms with Gasteiger partial charge in [-0.1, -0.05) is 59.6 Å². The number of nitrogens with two attached hydrogens (primary N) is 1. The van der Waals surface area contributed by atoms with Crippen LogP contribution in [-0.2, 0) is 26.1 Å². The summed E-state index contributed by atoms with van der Waals surface area (Å²) in [5.74, 6) is -1.12. The highest BCUT2D eigenvalue weighted by molar-refractivity contribution is 7.93. The molecule has 0 aliphatic carbocycles. The largest absolute Gasteiger partial charge is 0.459 e. The number of esters is 1. The van der Waals surface area contributed by atoms with Gasteiger partial charge in [-0.2, -0.15) is 0 Å². The minimum absolute atomic E-state index is 0.116. The first kappa shape index (κ1) is 30.2. The summed E-state index contributed by atoms with van der Waals surface area (Å²) in [5.41, 5.74) is 6.91. The summed E-state index contributed by atoms with van der Waals surface area (Å²) in [5, 5.41) is 4.04. The first-order chi connectivity index (χ1) is 19.2. The van der Waals surface area contributed by atoms with E-state index < -0.39 is 28.1 Å². The molecule has 0 radical (unpaired) electrons. The second-order valence-electron chi connectivity index (χ2n) is 10.3. The fraction of sp³-hybridized carbons (Fsp3) is 0.200. The van der Waals surface area contributed by atoms with E-state index in [1.807, 2.05) is 6.07 Å². The van der Waals surface area contributed by atoms with Crippen molar-refractivity contribution in [3.8, 4) is 0 Å². The lowest BCUT2D eigenvalue weighted by atomic mass is 10.0. The number of fused-ring (bicyclic) bond motifs is 1. The molecule has 3 N–H and O–H groups in total. The van der Waals surface area contributed by atoms with Crippen LogP contribution < -0.4 is 15.4 Å². The zero-order valence-corrected chi connectivity index (χ0v) is 25.0. The second kappa shape index (κ2) is 12.0. The number of rotatable bonds is 8. The van der Waals surface area contributed by atoms with E-state index in [1.54, 1.807) is 75.4 Å². The number of carbonyl (C=O) groups excluding carboxylic acids is 2. The average Bonchev–Trinajstić information content (AvgIpc) is 2.88. The Hall–Kier alpha value is -3.79. The molecule has 0 bridgehead atoms.